The molecule has 1 aromatic rings. The fourth-order valence-corrected chi connectivity index (χ4v) is 4.11. The number of aromatic nitrogens is 2. The van der Waals surface area contributed by atoms with Crippen LogP contribution >= 0.6 is 0 Å². The molecule has 0 bridgehead atoms. The number of allylic oxidation sites excluding steroid dienone is 4. The van der Waals surface area contributed by atoms with Gasteiger partial charge in [-0.1, -0.05) is 39.3 Å². The number of amides is 1. The molecule has 1 aromatic heterocycles. The van der Waals surface area contributed by atoms with E-state index in [0.717, 1.165) is 50.8 Å². The maximum absolute atomic E-state index is 13.1. The lowest BCUT2D eigenvalue weighted by atomic mass is 10.1. The second-order valence-electron chi connectivity index (χ2n) is 8.65. The van der Waals surface area contributed by atoms with Crippen LogP contribution in [0.2, 0.25) is 0 Å². The van der Waals surface area contributed by atoms with E-state index >= 15 is 0 Å². The third-order valence-corrected chi connectivity index (χ3v) is 6.14. The van der Waals surface area contributed by atoms with Crippen molar-refractivity contribution in [3.63, 3.8) is 0 Å². The summed E-state index contributed by atoms with van der Waals surface area (Å²) >= 11 is 0. The van der Waals surface area contributed by atoms with Gasteiger partial charge in [0.15, 0.2) is 0 Å². The van der Waals surface area contributed by atoms with Gasteiger partial charge in [0, 0.05) is 50.2 Å². The van der Waals surface area contributed by atoms with Gasteiger partial charge in [0.1, 0.15) is 0 Å². The first-order valence-corrected chi connectivity index (χ1v) is 11.7. The van der Waals surface area contributed by atoms with Gasteiger partial charge in [0.2, 0.25) is 5.91 Å². The quantitative estimate of drug-likeness (QED) is 0.374. The first-order valence-electron chi connectivity index (χ1n) is 11.7. The summed E-state index contributed by atoms with van der Waals surface area (Å²) < 4.78 is 2.06. The Morgan fingerprint density at radius 2 is 2.23 bits per heavy atom. The topological polar surface area (TPSA) is 65.2 Å². The molecule has 0 saturated carbocycles. The zero-order chi connectivity index (χ0) is 22.6. The number of likely N-dealkylation sites (tertiary alicyclic amines) is 1. The Hall–Kier alpha value is -2.39. The van der Waals surface area contributed by atoms with Gasteiger partial charge in [0.05, 0.1) is 18.8 Å². The number of hydrogen-bond acceptors (Lipinski definition) is 4. The number of rotatable bonds is 12. The van der Waals surface area contributed by atoms with Crippen molar-refractivity contribution in [2.75, 3.05) is 32.7 Å². The molecule has 1 aliphatic heterocycles. The number of imidazole rings is 1. The molecule has 2 rings (SSSR count). The van der Waals surface area contributed by atoms with Crippen LogP contribution in [-0.4, -0.2) is 58.0 Å². The summed E-state index contributed by atoms with van der Waals surface area (Å²) in [6.07, 6.45) is 13.2. The molecule has 170 valence electrons. The van der Waals surface area contributed by atoms with E-state index in [1.165, 1.54) is 19.4 Å². The van der Waals surface area contributed by atoms with Crippen molar-refractivity contribution in [2.45, 2.75) is 59.9 Å². The van der Waals surface area contributed by atoms with Crippen LogP contribution in [0, 0.1) is 23.2 Å². The zero-order valence-electron chi connectivity index (χ0n) is 19.8. The summed E-state index contributed by atoms with van der Waals surface area (Å²) in [5, 5.41) is 9.04. The Morgan fingerprint density at radius 1 is 1.42 bits per heavy atom. The molecule has 0 spiro atoms. The van der Waals surface area contributed by atoms with Crippen LogP contribution in [0.1, 0.15) is 52.7 Å². The summed E-state index contributed by atoms with van der Waals surface area (Å²) in [4.78, 5) is 21.9. The first kappa shape index (κ1) is 24.9. The second kappa shape index (κ2) is 13.1. The van der Waals surface area contributed by atoms with E-state index in [-0.39, 0.29) is 11.8 Å². The average molecular weight is 426 g/mol. The minimum absolute atomic E-state index is 0.179. The van der Waals surface area contributed by atoms with Gasteiger partial charge < -0.3 is 14.4 Å². The van der Waals surface area contributed by atoms with Crippen molar-refractivity contribution < 1.29 is 4.79 Å². The van der Waals surface area contributed by atoms with Crippen molar-refractivity contribution >= 4 is 5.91 Å². The third-order valence-electron chi connectivity index (χ3n) is 6.14. The van der Waals surface area contributed by atoms with Gasteiger partial charge in [-0.25, -0.2) is 4.98 Å². The maximum Gasteiger partial charge on any atom is 0.228 e. The monoisotopic (exact) mass is 425 g/mol. The fraction of sp³-hybridized carbons (Fsp3) is 0.640. The summed E-state index contributed by atoms with van der Waals surface area (Å²) in [5.74, 6) is 1.23. The van der Waals surface area contributed by atoms with Crippen molar-refractivity contribution in [3.8, 4) is 6.07 Å². The highest BCUT2D eigenvalue weighted by Gasteiger charge is 2.22. The normalized spacial score (nSPS) is 18.4. The molecule has 2 heterocycles. The standard InChI is InChI=1S/C25H39N5O/c1-5-11-29(14-13-28-12-10-23(7-3)19-28)25(31)15-24-17-27-20-30(24)18-21(4)8-9-22(6-2)16-26/h6,8-9,17,20-21,23H,5,7,10-15,18-19H2,1-4H3/b9-8-,22-6+/t21-,23?/m1/s1. The molecule has 1 fully saturated rings. The average Bonchev–Trinajstić information content (AvgIpc) is 3.41. The van der Waals surface area contributed by atoms with Gasteiger partial charge in [-0.3, -0.25) is 4.79 Å². The zero-order valence-corrected chi connectivity index (χ0v) is 19.8. The van der Waals surface area contributed by atoms with E-state index < -0.39 is 0 Å². The second-order valence-corrected chi connectivity index (χ2v) is 8.65. The molecular weight excluding hydrogens is 386 g/mol. The fourth-order valence-electron chi connectivity index (χ4n) is 4.11. The number of nitriles is 1. The van der Waals surface area contributed by atoms with E-state index in [4.69, 9.17) is 5.26 Å². The highest BCUT2D eigenvalue weighted by Crippen LogP contribution is 2.18. The predicted octanol–water partition coefficient (Wildman–Crippen LogP) is 4.06. The van der Waals surface area contributed by atoms with Gasteiger partial charge >= 0.3 is 0 Å². The van der Waals surface area contributed by atoms with Crippen LogP contribution in [0.15, 0.2) is 36.3 Å². The van der Waals surface area contributed by atoms with E-state index in [2.05, 4.69) is 41.3 Å². The van der Waals surface area contributed by atoms with Crippen molar-refractivity contribution in [1.82, 2.24) is 19.4 Å². The van der Waals surface area contributed by atoms with Crippen LogP contribution in [0.25, 0.3) is 0 Å². The van der Waals surface area contributed by atoms with Gasteiger partial charge in [0.25, 0.3) is 0 Å². The van der Waals surface area contributed by atoms with Crippen molar-refractivity contribution in [3.05, 3.63) is 42.0 Å². The van der Waals surface area contributed by atoms with Gasteiger partial charge in [-0.15, -0.1) is 0 Å². The molecule has 0 aliphatic carbocycles. The Labute approximate surface area is 188 Å². The van der Waals surface area contributed by atoms with Crippen LogP contribution in [0.4, 0.5) is 0 Å². The third kappa shape index (κ3) is 7.99. The number of nitrogens with zero attached hydrogens (tertiary/aromatic N) is 5. The highest BCUT2D eigenvalue weighted by molar-refractivity contribution is 5.78. The molecule has 6 heteroatoms. The van der Waals surface area contributed by atoms with Crippen LogP contribution in [0.5, 0.6) is 0 Å². The lowest BCUT2D eigenvalue weighted by Gasteiger charge is -2.25. The van der Waals surface area contributed by atoms with Crippen LogP contribution < -0.4 is 0 Å². The number of carbonyl (C=O) groups is 1. The Morgan fingerprint density at radius 3 is 2.87 bits per heavy atom. The molecule has 1 unspecified atom stereocenters. The van der Waals surface area contributed by atoms with Crippen molar-refractivity contribution in [2.24, 2.45) is 11.8 Å². The lowest BCUT2D eigenvalue weighted by Crippen LogP contribution is -2.39. The SMILES string of the molecule is C/C=C(C#N)\C=C/[C@@H](C)Cn1cncc1CC(=O)N(CCC)CCN1CCC(CC)C1. The molecule has 31 heavy (non-hydrogen) atoms. The molecule has 0 radical (unpaired) electrons. The minimum Gasteiger partial charge on any atom is -0.341 e. The molecule has 2 atom stereocenters. The molecule has 1 aliphatic rings. The molecule has 6 nitrogen and oxygen atoms in total. The smallest absolute Gasteiger partial charge is 0.228 e. The number of hydrogen-bond donors (Lipinski definition) is 0. The van der Waals surface area contributed by atoms with E-state index in [1.807, 2.05) is 24.0 Å². The summed E-state index contributed by atoms with van der Waals surface area (Å²) in [5.41, 5.74) is 1.61. The number of carbonyl (C=O) groups excluding carboxylic acids is 1. The molecule has 1 saturated heterocycles. The summed E-state index contributed by atoms with van der Waals surface area (Å²) in [6.45, 7) is 14.0. The van der Waals surface area contributed by atoms with Crippen LogP contribution in [0.3, 0.4) is 0 Å². The molecule has 0 N–H and O–H groups in total. The molecule has 0 aromatic carbocycles. The Balaban J connectivity index is 1.92. The van der Waals surface area contributed by atoms with E-state index in [0.29, 0.717) is 12.0 Å². The Bertz CT molecular complexity index is 788. The molecular formula is C25H39N5O. The maximum atomic E-state index is 13.1. The van der Waals surface area contributed by atoms with E-state index in [9.17, 15) is 4.79 Å². The van der Waals surface area contributed by atoms with E-state index in [1.54, 1.807) is 18.6 Å². The summed E-state index contributed by atoms with van der Waals surface area (Å²) in [6, 6.07) is 2.17. The highest BCUT2D eigenvalue weighted by atomic mass is 16.2. The minimum atomic E-state index is 0.179. The predicted molar refractivity (Wildman–Crippen MR) is 125 cm³/mol. The lowest BCUT2D eigenvalue weighted by molar-refractivity contribution is -0.130. The summed E-state index contributed by atoms with van der Waals surface area (Å²) in [7, 11) is 0. The van der Waals surface area contributed by atoms with Crippen molar-refractivity contribution in [1.29, 1.82) is 5.26 Å². The molecule has 1 amide bonds. The van der Waals surface area contributed by atoms with Gasteiger partial charge in [-0.05, 0) is 44.2 Å². The largest absolute Gasteiger partial charge is 0.341 e. The first-order chi connectivity index (χ1) is 15.0. The van der Waals surface area contributed by atoms with Crippen LogP contribution in [-0.2, 0) is 17.8 Å². The van der Waals surface area contributed by atoms with Gasteiger partial charge in [-0.2, -0.15) is 5.26 Å². The Kier molecular flexibility index (Phi) is 10.5.